The van der Waals surface area contributed by atoms with Gasteiger partial charge < -0.3 is 5.11 Å². The molecule has 1 heterocycles. The van der Waals surface area contributed by atoms with Crippen molar-refractivity contribution in [3.05, 3.63) is 126 Å². The zero-order valence-electron chi connectivity index (χ0n) is 20.7. The van der Waals surface area contributed by atoms with Crippen molar-refractivity contribution in [3.63, 3.8) is 0 Å². The van der Waals surface area contributed by atoms with Gasteiger partial charge in [0.1, 0.15) is 5.75 Å². The third-order valence-corrected chi connectivity index (χ3v) is 6.64. The first kappa shape index (κ1) is 23.2. The van der Waals surface area contributed by atoms with E-state index in [0.717, 1.165) is 44.1 Å². The molecule has 6 heteroatoms. The number of hydrazone groups is 1. The Morgan fingerprint density at radius 2 is 1.55 bits per heavy atom. The highest BCUT2D eigenvalue weighted by Gasteiger charge is 2.18. The average molecular weight is 497 g/mol. The maximum absolute atomic E-state index is 13.1. The highest BCUT2D eigenvalue weighted by molar-refractivity contribution is 6.03. The lowest BCUT2D eigenvalue weighted by molar-refractivity contribution is 0.0949. The smallest absolute Gasteiger partial charge is 0.291 e. The standard InChI is InChI=1S/C32H24N4O2/c1-21-8-2-7-13-29(21)36-30(25-15-14-22-9-3-4-11-24(22)18-25)19-28(35-36)32(38)34-33-20-27-26-12-6-5-10-23(26)16-17-31(27)37/h2-20,37H,1H3,(H,34,38)/b33-20-. The van der Waals surface area contributed by atoms with E-state index in [4.69, 9.17) is 0 Å². The minimum absolute atomic E-state index is 0.0871. The second kappa shape index (κ2) is 9.67. The Kier molecular flexibility index (Phi) is 5.90. The molecule has 6 aromatic rings. The van der Waals surface area contributed by atoms with Crippen molar-refractivity contribution in [2.45, 2.75) is 6.92 Å². The summed E-state index contributed by atoms with van der Waals surface area (Å²) in [6, 6.07) is 35.2. The Bertz CT molecular complexity index is 1850. The molecule has 0 fully saturated rings. The number of phenols is 1. The zero-order chi connectivity index (χ0) is 26.1. The molecule has 0 bridgehead atoms. The lowest BCUT2D eigenvalue weighted by Gasteiger charge is -2.11. The second-order valence-corrected chi connectivity index (χ2v) is 9.09. The number of amides is 1. The number of carbonyl (C=O) groups excluding carboxylic acids is 1. The SMILES string of the molecule is Cc1ccccc1-n1nc(C(=O)N/N=C\c2c(O)ccc3ccccc23)cc1-c1ccc2ccccc2c1. The Morgan fingerprint density at radius 1 is 0.842 bits per heavy atom. The van der Waals surface area contributed by atoms with Crippen LogP contribution in [0.1, 0.15) is 21.6 Å². The summed E-state index contributed by atoms with van der Waals surface area (Å²) < 4.78 is 1.80. The summed E-state index contributed by atoms with van der Waals surface area (Å²) in [5.41, 5.74) is 7.00. The first-order chi connectivity index (χ1) is 18.6. The maximum Gasteiger partial charge on any atom is 0.291 e. The molecule has 0 aliphatic carbocycles. The molecule has 184 valence electrons. The maximum atomic E-state index is 13.1. The van der Waals surface area contributed by atoms with Gasteiger partial charge in [-0.25, -0.2) is 10.1 Å². The van der Waals surface area contributed by atoms with E-state index >= 15 is 0 Å². The van der Waals surface area contributed by atoms with Crippen LogP contribution >= 0.6 is 0 Å². The molecule has 6 nitrogen and oxygen atoms in total. The molecule has 0 saturated carbocycles. The molecule has 1 aromatic heterocycles. The van der Waals surface area contributed by atoms with Crippen molar-refractivity contribution >= 4 is 33.7 Å². The topological polar surface area (TPSA) is 79.5 Å². The van der Waals surface area contributed by atoms with E-state index in [-0.39, 0.29) is 11.4 Å². The number of hydrogen-bond acceptors (Lipinski definition) is 4. The van der Waals surface area contributed by atoms with Crippen LogP contribution in [0.15, 0.2) is 114 Å². The molecule has 38 heavy (non-hydrogen) atoms. The number of benzene rings is 5. The molecule has 0 atom stereocenters. The van der Waals surface area contributed by atoms with Gasteiger partial charge >= 0.3 is 0 Å². The van der Waals surface area contributed by atoms with Gasteiger partial charge in [-0.05, 0) is 58.3 Å². The van der Waals surface area contributed by atoms with Gasteiger partial charge in [-0.2, -0.15) is 10.2 Å². The van der Waals surface area contributed by atoms with Crippen LogP contribution in [-0.2, 0) is 0 Å². The van der Waals surface area contributed by atoms with Gasteiger partial charge in [0.15, 0.2) is 5.69 Å². The summed E-state index contributed by atoms with van der Waals surface area (Å²) in [5, 5.41) is 23.2. The van der Waals surface area contributed by atoms with Crippen molar-refractivity contribution in [3.8, 4) is 22.7 Å². The van der Waals surface area contributed by atoms with Crippen molar-refractivity contribution in [1.29, 1.82) is 0 Å². The number of para-hydroxylation sites is 1. The van der Waals surface area contributed by atoms with Gasteiger partial charge in [0.05, 0.1) is 17.6 Å². The summed E-state index contributed by atoms with van der Waals surface area (Å²) >= 11 is 0. The molecule has 0 aliphatic heterocycles. The number of aryl methyl sites for hydroxylation is 1. The van der Waals surface area contributed by atoms with Crippen molar-refractivity contribution < 1.29 is 9.90 Å². The van der Waals surface area contributed by atoms with Gasteiger partial charge in [0.2, 0.25) is 0 Å². The molecule has 5 aromatic carbocycles. The fourth-order valence-electron chi connectivity index (χ4n) is 4.66. The first-order valence-corrected chi connectivity index (χ1v) is 12.3. The van der Waals surface area contributed by atoms with E-state index in [1.807, 2.05) is 79.7 Å². The molecule has 0 unspecified atom stereocenters. The normalized spacial score (nSPS) is 11.4. The van der Waals surface area contributed by atoms with Crippen molar-refractivity contribution in [1.82, 2.24) is 15.2 Å². The lowest BCUT2D eigenvalue weighted by Crippen LogP contribution is -2.18. The number of rotatable bonds is 5. The summed E-state index contributed by atoms with van der Waals surface area (Å²) in [7, 11) is 0. The van der Waals surface area contributed by atoms with Crippen LogP contribution in [0.4, 0.5) is 0 Å². The van der Waals surface area contributed by atoms with E-state index < -0.39 is 5.91 Å². The highest BCUT2D eigenvalue weighted by atomic mass is 16.3. The molecule has 0 aliphatic rings. The van der Waals surface area contributed by atoms with Gasteiger partial charge in [-0.3, -0.25) is 4.79 Å². The quantitative estimate of drug-likeness (QED) is 0.208. The van der Waals surface area contributed by atoms with E-state index in [2.05, 4.69) is 39.9 Å². The van der Waals surface area contributed by atoms with Crippen LogP contribution in [0.5, 0.6) is 5.75 Å². The Morgan fingerprint density at radius 3 is 2.39 bits per heavy atom. The number of phenolic OH excluding ortho intramolecular Hbond substituents is 1. The number of nitrogens with one attached hydrogen (secondary N) is 1. The Labute approximate surface area is 219 Å². The predicted octanol–water partition coefficient (Wildman–Crippen LogP) is 6.62. The molecule has 0 saturated heterocycles. The van der Waals surface area contributed by atoms with E-state index in [1.54, 1.807) is 16.8 Å². The minimum Gasteiger partial charge on any atom is -0.507 e. The predicted molar refractivity (Wildman–Crippen MR) is 152 cm³/mol. The number of aromatic hydroxyl groups is 1. The Balaban J connectivity index is 1.37. The van der Waals surface area contributed by atoms with Gasteiger partial charge in [-0.1, -0.05) is 84.9 Å². The number of nitrogens with zero attached hydrogens (tertiary/aromatic N) is 3. The van der Waals surface area contributed by atoms with E-state index in [1.165, 1.54) is 6.21 Å². The van der Waals surface area contributed by atoms with Crippen molar-refractivity contribution in [2.24, 2.45) is 5.10 Å². The van der Waals surface area contributed by atoms with Crippen LogP contribution in [0, 0.1) is 6.92 Å². The fraction of sp³-hybridized carbons (Fsp3) is 0.0312. The van der Waals surface area contributed by atoms with E-state index in [0.29, 0.717) is 5.56 Å². The van der Waals surface area contributed by atoms with Crippen LogP contribution in [0.25, 0.3) is 38.5 Å². The molecule has 0 radical (unpaired) electrons. The van der Waals surface area contributed by atoms with Crippen molar-refractivity contribution in [2.75, 3.05) is 0 Å². The number of hydrogen-bond donors (Lipinski definition) is 2. The van der Waals surface area contributed by atoms with Crippen LogP contribution in [-0.4, -0.2) is 27.0 Å². The van der Waals surface area contributed by atoms with Gasteiger partial charge in [-0.15, -0.1) is 0 Å². The summed E-state index contributed by atoms with van der Waals surface area (Å²) in [6.07, 6.45) is 1.46. The molecule has 2 N–H and O–H groups in total. The number of carbonyl (C=O) groups is 1. The fourth-order valence-corrected chi connectivity index (χ4v) is 4.66. The number of aromatic nitrogens is 2. The molecular formula is C32H24N4O2. The third-order valence-electron chi connectivity index (χ3n) is 6.64. The zero-order valence-corrected chi connectivity index (χ0v) is 20.7. The average Bonchev–Trinajstić information content (AvgIpc) is 3.39. The van der Waals surface area contributed by atoms with Crippen LogP contribution in [0.2, 0.25) is 0 Å². The van der Waals surface area contributed by atoms with E-state index in [9.17, 15) is 9.90 Å². The molecule has 1 amide bonds. The van der Waals surface area contributed by atoms with Gasteiger partial charge in [0, 0.05) is 11.1 Å². The minimum atomic E-state index is -0.449. The largest absolute Gasteiger partial charge is 0.507 e. The Hall–Kier alpha value is -5.23. The number of fused-ring (bicyclic) bond motifs is 2. The first-order valence-electron chi connectivity index (χ1n) is 12.3. The second-order valence-electron chi connectivity index (χ2n) is 9.09. The third kappa shape index (κ3) is 4.29. The summed E-state index contributed by atoms with van der Waals surface area (Å²) in [4.78, 5) is 13.1. The van der Waals surface area contributed by atoms with Crippen LogP contribution < -0.4 is 5.43 Å². The monoisotopic (exact) mass is 496 g/mol. The molecule has 0 spiro atoms. The van der Waals surface area contributed by atoms with Gasteiger partial charge in [0.25, 0.3) is 5.91 Å². The highest BCUT2D eigenvalue weighted by Crippen LogP contribution is 2.29. The lowest BCUT2D eigenvalue weighted by atomic mass is 10.0. The summed E-state index contributed by atoms with van der Waals surface area (Å²) in [6.45, 7) is 2.02. The molecule has 6 rings (SSSR count). The van der Waals surface area contributed by atoms with Crippen LogP contribution in [0.3, 0.4) is 0 Å². The summed E-state index contributed by atoms with van der Waals surface area (Å²) in [5.74, 6) is -0.362. The molecular weight excluding hydrogens is 472 g/mol.